The van der Waals surface area contributed by atoms with Crippen molar-refractivity contribution in [2.45, 2.75) is 9.79 Å². The molecule has 0 saturated heterocycles. The predicted molar refractivity (Wildman–Crippen MR) is 58.7 cm³/mol. The molecule has 1 rings (SSSR count). The van der Waals surface area contributed by atoms with Crippen molar-refractivity contribution in [1.82, 2.24) is 0 Å². The number of nitrogen functional groups attached to an aromatic ring is 1. The van der Waals surface area contributed by atoms with Crippen LogP contribution < -0.4 is 5.73 Å². The normalized spacial score (nSPS) is 11.5. The molecule has 0 fully saturated rings. The number of hydrogen-bond acceptors (Lipinski definition) is 5. The zero-order valence-corrected chi connectivity index (χ0v) is 9.55. The molecule has 7 heteroatoms. The largest absolute Gasteiger partial charge is 0.398 e. The maximum absolute atomic E-state index is 10.9. The third-order valence-corrected chi connectivity index (χ3v) is 3.87. The van der Waals surface area contributed by atoms with E-state index in [4.69, 9.17) is 16.4 Å². The highest BCUT2D eigenvalue weighted by atomic mass is 35.7. The zero-order chi connectivity index (χ0) is 10.1. The Morgan fingerprint density at radius 3 is 2.46 bits per heavy atom. The zero-order valence-electron chi connectivity index (χ0n) is 6.27. The van der Waals surface area contributed by atoms with Gasteiger partial charge in [0.15, 0.2) is 0 Å². The third kappa shape index (κ3) is 2.70. The number of nitrogens with two attached hydrogens (primary N) is 1. The van der Waals surface area contributed by atoms with Gasteiger partial charge in [0.25, 0.3) is 9.05 Å². The molecular formula is C6H6ClNO2S3. The SMILES string of the molecule is Nc1cc(S(=O)(=O)Cl)ccc1SS. The first-order chi connectivity index (χ1) is 5.95. The van der Waals surface area contributed by atoms with Gasteiger partial charge in [-0.15, -0.1) is 11.7 Å². The van der Waals surface area contributed by atoms with E-state index in [0.717, 1.165) is 10.8 Å². The van der Waals surface area contributed by atoms with E-state index in [1.54, 1.807) is 6.07 Å². The number of benzene rings is 1. The standard InChI is InChI=1S/C6H6ClNO2S3/c7-13(9,10)4-1-2-6(12-11)5(8)3-4/h1-3,11H,8H2. The van der Waals surface area contributed by atoms with Gasteiger partial charge in [0.05, 0.1) is 4.90 Å². The second-order valence-corrected chi connectivity index (χ2v) is 5.96. The summed E-state index contributed by atoms with van der Waals surface area (Å²) in [4.78, 5) is 0.699. The van der Waals surface area contributed by atoms with Gasteiger partial charge >= 0.3 is 0 Å². The number of thiol groups is 1. The highest BCUT2D eigenvalue weighted by Gasteiger charge is 2.11. The Labute approximate surface area is 89.9 Å². The molecule has 2 N–H and O–H groups in total. The average Bonchev–Trinajstić information content (AvgIpc) is 2.02. The van der Waals surface area contributed by atoms with Crippen LogP contribution in [-0.4, -0.2) is 8.42 Å². The first-order valence-electron chi connectivity index (χ1n) is 3.11. The second-order valence-electron chi connectivity index (χ2n) is 2.23. The topological polar surface area (TPSA) is 60.2 Å². The quantitative estimate of drug-likeness (QED) is 0.368. The monoisotopic (exact) mass is 255 g/mol. The summed E-state index contributed by atoms with van der Waals surface area (Å²) >= 11 is 3.94. The van der Waals surface area contributed by atoms with Crippen molar-refractivity contribution in [2.24, 2.45) is 0 Å². The van der Waals surface area contributed by atoms with Gasteiger partial charge < -0.3 is 5.73 Å². The molecule has 0 amide bonds. The Bertz CT molecular complexity index is 418. The van der Waals surface area contributed by atoms with Gasteiger partial charge in [-0.05, 0) is 18.2 Å². The summed E-state index contributed by atoms with van der Waals surface area (Å²) in [6.45, 7) is 0. The smallest absolute Gasteiger partial charge is 0.261 e. The predicted octanol–water partition coefficient (Wildman–Crippen LogP) is 2.13. The van der Waals surface area contributed by atoms with Crippen molar-refractivity contribution in [3.05, 3.63) is 18.2 Å². The number of rotatable bonds is 2. The van der Waals surface area contributed by atoms with E-state index in [1.165, 1.54) is 12.1 Å². The summed E-state index contributed by atoms with van der Waals surface area (Å²) in [6, 6.07) is 4.25. The van der Waals surface area contributed by atoms with E-state index in [1.807, 2.05) is 0 Å². The molecule has 0 saturated carbocycles. The van der Waals surface area contributed by atoms with Crippen LogP contribution in [0.25, 0.3) is 0 Å². The molecule has 1 aromatic rings. The lowest BCUT2D eigenvalue weighted by Gasteiger charge is -2.02. The highest BCUT2D eigenvalue weighted by molar-refractivity contribution is 8.68. The molecule has 0 spiro atoms. The van der Waals surface area contributed by atoms with Crippen molar-refractivity contribution >= 4 is 47.9 Å². The van der Waals surface area contributed by atoms with Gasteiger partial charge in [0.1, 0.15) is 0 Å². The van der Waals surface area contributed by atoms with E-state index in [0.29, 0.717) is 10.6 Å². The van der Waals surface area contributed by atoms with E-state index in [-0.39, 0.29) is 4.90 Å². The molecular weight excluding hydrogens is 250 g/mol. The van der Waals surface area contributed by atoms with Crippen molar-refractivity contribution < 1.29 is 8.42 Å². The van der Waals surface area contributed by atoms with Gasteiger partial charge in [-0.2, -0.15) is 0 Å². The molecule has 1 aromatic carbocycles. The Balaban J connectivity index is 3.26. The first-order valence-corrected chi connectivity index (χ1v) is 7.28. The molecule has 0 radical (unpaired) electrons. The fraction of sp³-hybridized carbons (Fsp3) is 0. The van der Waals surface area contributed by atoms with Crippen molar-refractivity contribution in [1.29, 1.82) is 0 Å². The molecule has 0 bridgehead atoms. The summed E-state index contributed by atoms with van der Waals surface area (Å²) in [6.07, 6.45) is 0. The van der Waals surface area contributed by atoms with Crippen LogP contribution in [0.4, 0.5) is 5.69 Å². The molecule has 0 aliphatic rings. The molecule has 0 aliphatic heterocycles. The lowest BCUT2D eigenvalue weighted by Crippen LogP contribution is -1.94. The van der Waals surface area contributed by atoms with Crippen LogP contribution in [0, 0.1) is 0 Å². The van der Waals surface area contributed by atoms with Crippen LogP contribution in [0.1, 0.15) is 0 Å². The Kier molecular flexibility index (Phi) is 3.39. The average molecular weight is 256 g/mol. The Morgan fingerprint density at radius 2 is 2.08 bits per heavy atom. The van der Waals surface area contributed by atoms with E-state index < -0.39 is 9.05 Å². The number of halogens is 1. The van der Waals surface area contributed by atoms with Gasteiger partial charge in [-0.3, -0.25) is 0 Å². The van der Waals surface area contributed by atoms with E-state index in [2.05, 4.69) is 11.7 Å². The van der Waals surface area contributed by atoms with Crippen LogP contribution in [0.5, 0.6) is 0 Å². The molecule has 0 unspecified atom stereocenters. The van der Waals surface area contributed by atoms with Gasteiger partial charge in [-0.1, -0.05) is 10.8 Å². The molecule has 0 aromatic heterocycles. The van der Waals surface area contributed by atoms with Gasteiger partial charge in [0, 0.05) is 21.3 Å². The molecule has 0 heterocycles. The maximum atomic E-state index is 10.9. The molecule has 72 valence electrons. The van der Waals surface area contributed by atoms with Crippen molar-refractivity contribution in [2.75, 3.05) is 5.73 Å². The minimum atomic E-state index is -3.69. The number of hydrogen-bond donors (Lipinski definition) is 2. The molecule has 0 aliphatic carbocycles. The summed E-state index contributed by atoms with van der Waals surface area (Å²) in [5.74, 6) is 0. The van der Waals surface area contributed by atoms with Gasteiger partial charge in [0.2, 0.25) is 0 Å². The molecule has 3 nitrogen and oxygen atoms in total. The van der Waals surface area contributed by atoms with Crippen LogP contribution in [0.3, 0.4) is 0 Å². The van der Waals surface area contributed by atoms with E-state index >= 15 is 0 Å². The van der Waals surface area contributed by atoms with Gasteiger partial charge in [-0.25, -0.2) is 8.42 Å². The maximum Gasteiger partial charge on any atom is 0.261 e. The van der Waals surface area contributed by atoms with E-state index in [9.17, 15) is 8.42 Å². The summed E-state index contributed by atoms with van der Waals surface area (Å²) in [5.41, 5.74) is 5.88. The van der Waals surface area contributed by atoms with Crippen molar-refractivity contribution in [3.8, 4) is 0 Å². The number of anilines is 1. The summed E-state index contributed by atoms with van der Waals surface area (Å²) in [5, 5.41) is 0. The Hall–Kier alpha value is -0.0400. The second kappa shape index (κ2) is 4.00. The molecule has 13 heavy (non-hydrogen) atoms. The van der Waals surface area contributed by atoms with Crippen LogP contribution >= 0.6 is 33.1 Å². The fourth-order valence-electron chi connectivity index (χ4n) is 0.761. The van der Waals surface area contributed by atoms with Crippen molar-refractivity contribution in [3.63, 3.8) is 0 Å². The lowest BCUT2D eigenvalue weighted by molar-refractivity contribution is 0.609. The van der Waals surface area contributed by atoms with Crippen LogP contribution in [-0.2, 0) is 9.05 Å². The highest BCUT2D eigenvalue weighted by Crippen LogP contribution is 2.30. The third-order valence-electron chi connectivity index (χ3n) is 1.36. The van der Waals surface area contributed by atoms with Crippen LogP contribution in [0.15, 0.2) is 28.0 Å². The lowest BCUT2D eigenvalue weighted by atomic mass is 10.3. The molecule has 0 atom stereocenters. The fourth-order valence-corrected chi connectivity index (χ4v) is 2.34. The summed E-state index contributed by atoms with van der Waals surface area (Å²) in [7, 11) is 2.57. The van der Waals surface area contributed by atoms with Crippen LogP contribution in [0.2, 0.25) is 0 Å². The Morgan fingerprint density at radius 1 is 1.46 bits per heavy atom. The summed E-state index contributed by atoms with van der Waals surface area (Å²) < 4.78 is 21.7. The first kappa shape index (κ1) is 11.0. The minimum absolute atomic E-state index is 0.00204. The minimum Gasteiger partial charge on any atom is -0.398 e.